The Morgan fingerprint density at radius 3 is 2.89 bits per heavy atom. The number of rotatable bonds is 2. The van der Waals surface area contributed by atoms with Crippen LogP contribution in [0, 0.1) is 0 Å². The molecule has 1 saturated heterocycles. The van der Waals surface area contributed by atoms with Crippen LogP contribution in [0.1, 0.15) is 60.2 Å². The normalized spacial score (nSPS) is 21.3. The van der Waals surface area contributed by atoms with Gasteiger partial charge in [-0.2, -0.15) is 0 Å². The first-order valence-electron chi connectivity index (χ1n) is 10.0. The van der Waals surface area contributed by atoms with Gasteiger partial charge in [-0.3, -0.25) is 4.79 Å². The molecule has 3 aliphatic heterocycles. The van der Waals surface area contributed by atoms with Gasteiger partial charge in [-0.15, -0.1) is 10.2 Å². The fourth-order valence-electron chi connectivity index (χ4n) is 4.43. The molecule has 1 amide bonds. The monoisotopic (exact) mass is 402 g/mol. The topological polar surface area (TPSA) is 69.5 Å². The van der Waals surface area contributed by atoms with Crippen LogP contribution in [-0.2, 0) is 13.0 Å². The second-order valence-corrected chi connectivity index (χ2v) is 7.98. The van der Waals surface area contributed by atoms with Gasteiger partial charge in [-0.1, -0.05) is 18.0 Å². The van der Waals surface area contributed by atoms with E-state index in [2.05, 4.69) is 14.8 Å². The van der Waals surface area contributed by atoms with Gasteiger partial charge >= 0.3 is 0 Å². The molecule has 0 bridgehead atoms. The van der Waals surface area contributed by atoms with Gasteiger partial charge in [0.05, 0.1) is 11.1 Å². The number of benzene rings is 1. The Labute approximate surface area is 168 Å². The number of nitrogens with zero attached hydrogens (tertiary/aromatic N) is 4. The first-order valence-corrected chi connectivity index (χ1v) is 10.4. The number of hydrogen-bond acceptors (Lipinski definition) is 5. The Bertz CT molecular complexity index is 913. The third kappa shape index (κ3) is 3.02. The molecule has 1 fully saturated rings. The Balaban J connectivity index is 1.45. The molecule has 0 saturated carbocycles. The van der Waals surface area contributed by atoms with Crippen molar-refractivity contribution < 1.29 is 14.3 Å². The second kappa shape index (κ2) is 7.28. The molecular formula is C20H23ClN4O3. The fourth-order valence-corrected chi connectivity index (χ4v) is 4.70. The Morgan fingerprint density at radius 1 is 1.07 bits per heavy atom. The molecule has 0 radical (unpaired) electrons. The summed E-state index contributed by atoms with van der Waals surface area (Å²) in [5, 5.41) is 9.31. The van der Waals surface area contributed by atoms with E-state index < -0.39 is 0 Å². The van der Waals surface area contributed by atoms with Crippen LogP contribution >= 0.6 is 11.6 Å². The van der Waals surface area contributed by atoms with Crippen LogP contribution in [0.25, 0.3) is 0 Å². The zero-order valence-electron chi connectivity index (χ0n) is 15.7. The van der Waals surface area contributed by atoms with Crippen molar-refractivity contribution in [1.82, 2.24) is 19.7 Å². The number of fused-ring (bicyclic) bond motifs is 2. The third-order valence-electron chi connectivity index (χ3n) is 5.79. The highest BCUT2D eigenvalue weighted by Gasteiger charge is 2.35. The van der Waals surface area contributed by atoms with Gasteiger partial charge in [0.1, 0.15) is 19.0 Å². The summed E-state index contributed by atoms with van der Waals surface area (Å²) in [6.45, 7) is 2.56. The van der Waals surface area contributed by atoms with Crippen LogP contribution in [0.5, 0.6) is 11.5 Å². The SMILES string of the molecule is O=C(c1cc(Cl)c2c(c1)OCCO2)N1CCC[C@H]1c1nnc2n1CCCCC2. The first kappa shape index (κ1) is 17.8. The van der Waals surface area contributed by atoms with Gasteiger partial charge in [-0.05, 0) is 37.8 Å². The molecule has 0 aliphatic carbocycles. The molecule has 8 heteroatoms. The molecule has 0 spiro atoms. The van der Waals surface area contributed by atoms with Gasteiger partial charge in [0, 0.05) is 25.1 Å². The Kier molecular flexibility index (Phi) is 4.62. The minimum atomic E-state index is -0.0488. The maximum atomic E-state index is 13.3. The molecule has 4 heterocycles. The lowest BCUT2D eigenvalue weighted by atomic mass is 10.1. The molecule has 0 N–H and O–H groups in total. The highest BCUT2D eigenvalue weighted by Crippen LogP contribution is 2.40. The summed E-state index contributed by atoms with van der Waals surface area (Å²) >= 11 is 6.34. The van der Waals surface area contributed by atoms with E-state index in [9.17, 15) is 4.79 Å². The van der Waals surface area contributed by atoms with Crippen molar-refractivity contribution in [2.75, 3.05) is 19.8 Å². The molecule has 3 aliphatic rings. The number of carbonyl (C=O) groups is 1. The summed E-state index contributed by atoms with van der Waals surface area (Å²) in [6.07, 6.45) is 6.33. The van der Waals surface area contributed by atoms with Gasteiger partial charge in [0.2, 0.25) is 0 Å². The van der Waals surface area contributed by atoms with Crippen LogP contribution in [0.15, 0.2) is 12.1 Å². The van der Waals surface area contributed by atoms with E-state index in [1.54, 1.807) is 12.1 Å². The Hall–Kier alpha value is -2.28. The number of carbonyl (C=O) groups excluding carboxylic acids is 1. The molecule has 2 aromatic rings. The smallest absolute Gasteiger partial charge is 0.254 e. The highest BCUT2D eigenvalue weighted by atomic mass is 35.5. The van der Waals surface area contributed by atoms with E-state index in [-0.39, 0.29) is 11.9 Å². The van der Waals surface area contributed by atoms with Gasteiger partial charge in [-0.25, -0.2) is 0 Å². The van der Waals surface area contributed by atoms with Crippen molar-refractivity contribution in [3.05, 3.63) is 34.4 Å². The lowest BCUT2D eigenvalue weighted by Gasteiger charge is -2.26. The van der Waals surface area contributed by atoms with Crippen LogP contribution in [0.3, 0.4) is 0 Å². The van der Waals surface area contributed by atoms with Crippen molar-refractivity contribution in [2.45, 2.75) is 51.1 Å². The molecule has 7 nitrogen and oxygen atoms in total. The second-order valence-electron chi connectivity index (χ2n) is 7.58. The van der Waals surface area contributed by atoms with E-state index >= 15 is 0 Å². The summed E-state index contributed by atoms with van der Waals surface area (Å²) in [5.41, 5.74) is 0.525. The molecule has 1 aromatic heterocycles. The van der Waals surface area contributed by atoms with E-state index in [4.69, 9.17) is 21.1 Å². The molecule has 148 valence electrons. The fraction of sp³-hybridized carbons (Fsp3) is 0.550. The molecular weight excluding hydrogens is 380 g/mol. The maximum absolute atomic E-state index is 13.3. The molecule has 28 heavy (non-hydrogen) atoms. The van der Waals surface area contributed by atoms with Gasteiger partial charge in [0.25, 0.3) is 5.91 Å². The number of amides is 1. The number of aryl methyl sites for hydroxylation is 1. The number of aromatic nitrogens is 3. The van der Waals surface area contributed by atoms with Crippen LogP contribution in [0.2, 0.25) is 5.02 Å². The largest absolute Gasteiger partial charge is 0.486 e. The molecule has 1 aromatic carbocycles. The van der Waals surface area contributed by atoms with Crippen molar-refractivity contribution >= 4 is 17.5 Å². The minimum Gasteiger partial charge on any atom is -0.486 e. The molecule has 1 atom stereocenters. The predicted molar refractivity (Wildman–Crippen MR) is 103 cm³/mol. The number of halogens is 1. The van der Waals surface area contributed by atoms with Crippen molar-refractivity contribution in [1.29, 1.82) is 0 Å². The summed E-state index contributed by atoms with van der Waals surface area (Å²) in [7, 11) is 0. The van der Waals surface area contributed by atoms with E-state index in [0.29, 0.717) is 41.8 Å². The summed E-state index contributed by atoms with van der Waals surface area (Å²) < 4.78 is 13.4. The summed E-state index contributed by atoms with van der Waals surface area (Å²) in [5.74, 6) is 2.98. The van der Waals surface area contributed by atoms with Crippen molar-refractivity contribution in [2.24, 2.45) is 0 Å². The number of likely N-dealkylation sites (tertiary alicyclic amines) is 1. The highest BCUT2D eigenvalue weighted by molar-refractivity contribution is 6.32. The number of hydrogen-bond donors (Lipinski definition) is 0. The van der Waals surface area contributed by atoms with Crippen molar-refractivity contribution in [3.8, 4) is 11.5 Å². The van der Waals surface area contributed by atoms with Gasteiger partial charge < -0.3 is 18.9 Å². The number of ether oxygens (including phenoxy) is 2. The zero-order valence-corrected chi connectivity index (χ0v) is 16.5. The Morgan fingerprint density at radius 2 is 1.96 bits per heavy atom. The maximum Gasteiger partial charge on any atom is 0.254 e. The van der Waals surface area contributed by atoms with Crippen LogP contribution < -0.4 is 9.47 Å². The third-order valence-corrected chi connectivity index (χ3v) is 6.07. The standard InChI is InChI=1S/C20H23ClN4O3/c21-14-11-13(12-16-18(14)28-10-9-27-16)20(26)24-8-4-5-15(24)19-23-22-17-6-2-1-3-7-25(17)19/h11-12,15H,1-10H2/t15-/m0/s1. The zero-order chi connectivity index (χ0) is 19.1. The minimum absolute atomic E-state index is 0.0428. The van der Waals surface area contributed by atoms with Crippen LogP contribution in [-0.4, -0.2) is 45.3 Å². The van der Waals surface area contributed by atoms with Crippen LogP contribution in [0.4, 0.5) is 0 Å². The predicted octanol–water partition coefficient (Wildman–Crippen LogP) is 3.41. The first-order chi connectivity index (χ1) is 13.7. The van der Waals surface area contributed by atoms with E-state index in [1.165, 1.54) is 6.42 Å². The van der Waals surface area contributed by atoms with E-state index in [0.717, 1.165) is 50.3 Å². The van der Waals surface area contributed by atoms with Gasteiger partial charge in [0.15, 0.2) is 17.3 Å². The lowest BCUT2D eigenvalue weighted by Crippen LogP contribution is -2.32. The lowest BCUT2D eigenvalue weighted by molar-refractivity contribution is 0.0726. The molecule has 0 unspecified atom stereocenters. The summed E-state index contributed by atoms with van der Waals surface area (Å²) in [6, 6.07) is 3.37. The average molecular weight is 403 g/mol. The summed E-state index contributed by atoms with van der Waals surface area (Å²) in [4.78, 5) is 15.2. The molecule has 5 rings (SSSR count). The quantitative estimate of drug-likeness (QED) is 0.769. The van der Waals surface area contributed by atoms with Crippen molar-refractivity contribution in [3.63, 3.8) is 0 Å². The van der Waals surface area contributed by atoms with E-state index in [1.807, 2.05) is 4.90 Å². The average Bonchev–Trinajstić information content (AvgIpc) is 3.28.